The summed E-state index contributed by atoms with van der Waals surface area (Å²) >= 11 is 0. The topological polar surface area (TPSA) is 69.0 Å². The van der Waals surface area contributed by atoms with Crippen LogP contribution < -0.4 is 0 Å². The fraction of sp³-hybridized carbons (Fsp3) is 0. The molecule has 0 aliphatic carbocycles. The van der Waals surface area contributed by atoms with Crippen molar-refractivity contribution in [3.63, 3.8) is 0 Å². The lowest BCUT2D eigenvalue weighted by atomic mass is 10.3. The molecule has 12 heavy (non-hydrogen) atoms. The predicted molar refractivity (Wildman–Crippen MR) is 36.8 cm³/mol. The maximum atomic E-state index is 12.6. The predicted octanol–water partition coefficient (Wildman–Crippen LogP) is 2.61. The number of phenolic OH excluding ortho intramolecular Hbond substituents is 1. The van der Waals surface area contributed by atoms with Gasteiger partial charge in [-0.1, -0.05) is 5.11 Å². The van der Waals surface area contributed by atoms with Gasteiger partial charge in [-0.25, -0.2) is 8.78 Å². The first-order chi connectivity index (χ1) is 5.65. The van der Waals surface area contributed by atoms with Crippen molar-refractivity contribution in [2.75, 3.05) is 0 Å². The van der Waals surface area contributed by atoms with Crippen molar-refractivity contribution < 1.29 is 13.9 Å². The number of aromatic hydroxyl groups is 1. The lowest BCUT2D eigenvalue weighted by Gasteiger charge is -1.97. The smallest absolute Gasteiger partial charge is 0.165 e. The highest BCUT2D eigenvalue weighted by Gasteiger charge is 2.06. The summed E-state index contributed by atoms with van der Waals surface area (Å²) in [6.07, 6.45) is 0. The van der Waals surface area contributed by atoms with Gasteiger partial charge in [0.2, 0.25) is 0 Å². The molecule has 0 aromatic heterocycles. The lowest BCUT2D eigenvalue weighted by Crippen LogP contribution is -1.80. The quantitative estimate of drug-likeness (QED) is 0.393. The van der Waals surface area contributed by atoms with Crippen LogP contribution >= 0.6 is 0 Å². The number of hydrogen-bond acceptors (Lipinski definition) is 2. The van der Waals surface area contributed by atoms with Gasteiger partial charge < -0.3 is 5.11 Å². The standard InChI is InChI=1S/C6H3F2N3O/c7-3-2-6(12)4(8)1-5(3)10-11-9/h1-2,12H. The van der Waals surface area contributed by atoms with Gasteiger partial charge in [-0.3, -0.25) is 0 Å². The van der Waals surface area contributed by atoms with Gasteiger partial charge in [-0.2, -0.15) is 0 Å². The lowest BCUT2D eigenvalue weighted by molar-refractivity contribution is 0.427. The first-order valence-electron chi connectivity index (χ1n) is 2.88. The van der Waals surface area contributed by atoms with E-state index < -0.39 is 23.1 Å². The second kappa shape index (κ2) is 3.06. The van der Waals surface area contributed by atoms with Crippen LogP contribution in [0.5, 0.6) is 5.75 Å². The SMILES string of the molecule is [N-]=[N+]=Nc1cc(F)c(O)cc1F. The molecule has 0 radical (unpaired) electrons. The van der Waals surface area contributed by atoms with Gasteiger partial charge in [0, 0.05) is 11.0 Å². The van der Waals surface area contributed by atoms with Gasteiger partial charge in [-0.05, 0) is 11.6 Å². The van der Waals surface area contributed by atoms with E-state index in [4.69, 9.17) is 10.6 Å². The Hall–Kier alpha value is -1.81. The van der Waals surface area contributed by atoms with E-state index in [1.807, 2.05) is 0 Å². The van der Waals surface area contributed by atoms with Crippen molar-refractivity contribution in [3.8, 4) is 5.75 Å². The van der Waals surface area contributed by atoms with Crippen LogP contribution in [0.2, 0.25) is 0 Å². The molecule has 0 bridgehead atoms. The average Bonchev–Trinajstić information content (AvgIpc) is 2.01. The molecule has 0 fully saturated rings. The molecule has 1 N–H and O–H groups in total. The normalized spacial score (nSPS) is 9.17. The molecule has 0 spiro atoms. The zero-order valence-electron chi connectivity index (χ0n) is 5.70. The Morgan fingerprint density at radius 3 is 2.58 bits per heavy atom. The van der Waals surface area contributed by atoms with E-state index in [1.165, 1.54) is 0 Å². The molecule has 0 atom stereocenters. The van der Waals surface area contributed by atoms with Crippen molar-refractivity contribution in [1.82, 2.24) is 0 Å². The summed E-state index contributed by atoms with van der Waals surface area (Å²) in [5.74, 6) is -2.81. The third-order valence-corrected chi connectivity index (χ3v) is 1.17. The maximum absolute atomic E-state index is 12.6. The molecule has 0 amide bonds. The highest BCUT2D eigenvalue weighted by molar-refractivity contribution is 5.43. The van der Waals surface area contributed by atoms with E-state index in [9.17, 15) is 8.78 Å². The Bertz CT molecular complexity index is 360. The van der Waals surface area contributed by atoms with Crippen molar-refractivity contribution >= 4 is 5.69 Å². The molecule has 1 rings (SSSR count). The van der Waals surface area contributed by atoms with Crippen molar-refractivity contribution in [2.45, 2.75) is 0 Å². The van der Waals surface area contributed by atoms with Crippen molar-refractivity contribution in [1.29, 1.82) is 0 Å². The monoisotopic (exact) mass is 171 g/mol. The highest BCUT2D eigenvalue weighted by Crippen LogP contribution is 2.25. The van der Waals surface area contributed by atoms with Crippen LogP contribution in [0.25, 0.3) is 10.4 Å². The minimum Gasteiger partial charge on any atom is -0.505 e. The first kappa shape index (κ1) is 8.29. The first-order valence-corrected chi connectivity index (χ1v) is 2.88. The molecule has 62 valence electrons. The average molecular weight is 171 g/mol. The van der Waals surface area contributed by atoms with Crippen LogP contribution in [0.15, 0.2) is 17.2 Å². The number of azide groups is 1. The molecule has 6 heteroatoms. The minimum absolute atomic E-state index is 0.479. The summed E-state index contributed by atoms with van der Waals surface area (Å²) in [6.45, 7) is 0. The second-order valence-corrected chi connectivity index (χ2v) is 1.94. The van der Waals surface area contributed by atoms with Gasteiger partial charge in [-0.15, -0.1) is 0 Å². The summed E-state index contributed by atoms with van der Waals surface area (Å²) in [7, 11) is 0. The van der Waals surface area contributed by atoms with E-state index in [2.05, 4.69) is 10.0 Å². The van der Waals surface area contributed by atoms with Gasteiger partial charge in [0.25, 0.3) is 0 Å². The van der Waals surface area contributed by atoms with E-state index in [1.54, 1.807) is 0 Å². The third-order valence-electron chi connectivity index (χ3n) is 1.17. The number of benzene rings is 1. The maximum Gasteiger partial charge on any atom is 0.165 e. The van der Waals surface area contributed by atoms with E-state index >= 15 is 0 Å². The van der Waals surface area contributed by atoms with Gasteiger partial charge in [0.15, 0.2) is 11.6 Å². The van der Waals surface area contributed by atoms with E-state index in [-0.39, 0.29) is 0 Å². The molecular formula is C6H3F2N3O. The van der Waals surface area contributed by atoms with Crippen LogP contribution in [0.1, 0.15) is 0 Å². The molecule has 0 heterocycles. The summed E-state index contributed by atoms with van der Waals surface area (Å²) in [4.78, 5) is 2.27. The van der Waals surface area contributed by atoms with Crippen LogP contribution in [-0.4, -0.2) is 5.11 Å². The summed E-state index contributed by atoms with van der Waals surface area (Å²) in [5, 5.41) is 11.5. The second-order valence-electron chi connectivity index (χ2n) is 1.94. The fourth-order valence-electron chi connectivity index (χ4n) is 0.651. The Morgan fingerprint density at radius 2 is 2.00 bits per heavy atom. The van der Waals surface area contributed by atoms with Gasteiger partial charge >= 0.3 is 0 Å². The Labute approximate surface area is 65.7 Å². The Balaban J connectivity index is 3.32. The van der Waals surface area contributed by atoms with Crippen LogP contribution in [-0.2, 0) is 0 Å². The zero-order chi connectivity index (χ0) is 9.14. The third kappa shape index (κ3) is 1.43. The van der Waals surface area contributed by atoms with E-state index in [0.717, 1.165) is 0 Å². The van der Waals surface area contributed by atoms with Crippen molar-refractivity contribution in [2.24, 2.45) is 5.11 Å². The summed E-state index contributed by atoms with van der Waals surface area (Å²) in [6, 6.07) is 1.16. The van der Waals surface area contributed by atoms with Crippen molar-refractivity contribution in [3.05, 3.63) is 34.2 Å². The molecule has 0 unspecified atom stereocenters. The number of halogens is 2. The molecule has 0 aliphatic rings. The number of nitrogens with zero attached hydrogens (tertiary/aromatic N) is 3. The number of hydrogen-bond donors (Lipinski definition) is 1. The summed E-state index contributed by atoms with van der Waals surface area (Å²) < 4.78 is 25.1. The zero-order valence-corrected chi connectivity index (χ0v) is 5.70. The highest BCUT2D eigenvalue weighted by atomic mass is 19.1. The molecule has 0 saturated heterocycles. The van der Waals surface area contributed by atoms with Crippen LogP contribution in [0, 0.1) is 11.6 Å². The fourth-order valence-corrected chi connectivity index (χ4v) is 0.651. The minimum atomic E-state index is -1.03. The summed E-state index contributed by atoms with van der Waals surface area (Å²) in [5.41, 5.74) is 7.43. The number of rotatable bonds is 1. The van der Waals surface area contributed by atoms with E-state index in [0.29, 0.717) is 12.1 Å². The largest absolute Gasteiger partial charge is 0.505 e. The Kier molecular flexibility index (Phi) is 2.11. The number of phenols is 1. The Morgan fingerprint density at radius 1 is 1.33 bits per heavy atom. The molecular weight excluding hydrogens is 168 g/mol. The molecule has 1 aromatic rings. The van der Waals surface area contributed by atoms with Crippen LogP contribution in [0.4, 0.5) is 14.5 Å². The molecule has 1 aromatic carbocycles. The van der Waals surface area contributed by atoms with Gasteiger partial charge in [0.05, 0.1) is 5.69 Å². The van der Waals surface area contributed by atoms with Gasteiger partial charge in [0.1, 0.15) is 5.82 Å². The molecule has 0 saturated carbocycles. The molecule has 0 aliphatic heterocycles. The van der Waals surface area contributed by atoms with Crippen LogP contribution in [0.3, 0.4) is 0 Å². The molecule has 4 nitrogen and oxygen atoms in total.